The van der Waals surface area contributed by atoms with Crippen molar-refractivity contribution >= 4 is 16.5 Å². The Labute approximate surface area is 104 Å². The molecule has 0 saturated carbocycles. The van der Waals surface area contributed by atoms with Crippen LogP contribution in [-0.2, 0) is 0 Å². The van der Waals surface area contributed by atoms with Gasteiger partial charge in [-0.15, -0.1) is 0 Å². The Bertz CT molecular complexity index is 480. The Morgan fingerprint density at radius 2 is 1.59 bits per heavy atom. The molecule has 0 fully saturated rings. The SMILES string of the molecule is CCC(CC)N(C)c1cccc2ccccc12. The van der Waals surface area contributed by atoms with Gasteiger partial charge in [-0.1, -0.05) is 50.2 Å². The molecule has 0 saturated heterocycles. The first-order valence-corrected chi connectivity index (χ1v) is 6.48. The minimum atomic E-state index is 0.626. The maximum Gasteiger partial charge on any atom is 0.0445 e. The zero-order valence-electron chi connectivity index (χ0n) is 11.0. The summed E-state index contributed by atoms with van der Waals surface area (Å²) < 4.78 is 0. The average molecular weight is 227 g/mol. The monoisotopic (exact) mass is 227 g/mol. The first kappa shape index (κ1) is 12.0. The molecule has 2 aromatic rings. The van der Waals surface area contributed by atoms with E-state index in [9.17, 15) is 0 Å². The van der Waals surface area contributed by atoms with Crippen LogP contribution in [0.3, 0.4) is 0 Å². The number of rotatable bonds is 4. The van der Waals surface area contributed by atoms with E-state index in [0.717, 1.165) is 0 Å². The van der Waals surface area contributed by atoms with Gasteiger partial charge in [-0.05, 0) is 24.3 Å². The van der Waals surface area contributed by atoms with Crippen molar-refractivity contribution in [3.8, 4) is 0 Å². The molecule has 0 radical (unpaired) electrons. The van der Waals surface area contributed by atoms with Gasteiger partial charge in [0.05, 0.1) is 0 Å². The Kier molecular flexibility index (Phi) is 3.68. The van der Waals surface area contributed by atoms with E-state index >= 15 is 0 Å². The van der Waals surface area contributed by atoms with Gasteiger partial charge in [0.25, 0.3) is 0 Å². The molecule has 0 spiro atoms. The van der Waals surface area contributed by atoms with Crippen LogP contribution in [0.5, 0.6) is 0 Å². The van der Waals surface area contributed by atoms with Gasteiger partial charge < -0.3 is 4.90 Å². The molecule has 0 amide bonds. The lowest BCUT2D eigenvalue weighted by molar-refractivity contribution is 0.593. The van der Waals surface area contributed by atoms with Crippen molar-refractivity contribution < 1.29 is 0 Å². The zero-order valence-corrected chi connectivity index (χ0v) is 11.0. The second kappa shape index (κ2) is 5.22. The van der Waals surface area contributed by atoms with Crippen molar-refractivity contribution in [2.24, 2.45) is 0 Å². The lowest BCUT2D eigenvalue weighted by Crippen LogP contribution is -2.30. The molecule has 90 valence electrons. The molecule has 0 bridgehead atoms. The van der Waals surface area contributed by atoms with Gasteiger partial charge in [0.1, 0.15) is 0 Å². The lowest BCUT2D eigenvalue weighted by Gasteiger charge is -2.29. The van der Waals surface area contributed by atoms with Crippen LogP contribution in [-0.4, -0.2) is 13.1 Å². The highest BCUT2D eigenvalue weighted by molar-refractivity contribution is 5.94. The Morgan fingerprint density at radius 3 is 2.29 bits per heavy atom. The summed E-state index contributed by atoms with van der Waals surface area (Å²) >= 11 is 0. The fourth-order valence-corrected chi connectivity index (χ4v) is 2.55. The Hall–Kier alpha value is -1.50. The highest BCUT2D eigenvalue weighted by Gasteiger charge is 2.12. The van der Waals surface area contributed by atoms with Crippen LogP contribution < -0.4 is 4.90 Å². The summed E-state index contributed by atoms with van der Waals surface area (Å²) in [5, 5.41) is 2.67. The lowest BCUT2D eigenvalue weighted by atomic mass is 10.1. The normalized spacial score (nSPS) is 11.1. The van der Waals surface area contributed by atoms with Crippen LogP contribution >= 0.6 is 0 Å². The van der Waals surface area contributed by atoms with Gasteiger partial charge in [-0.3, -0.25) is 0 Å². The van der Waals surface area contributed by atoms with Crippen molar-refractivity contribution in [3.63, 3.8) is 0 Å². The molecule has 0 atom stereocenters. The molecule has 0 aromatic heterocycles. The molecule has 0 heterocycles. The maximum absolute atomic E-state index is 2.42. The van der Waals surface area contributed by atoms with Crippen LogP contribution in [0.1, 0.15) is 26.7 Å². The van der Waals surface area contributed by atoms with E-state index in [-0.39, 0.29) is 0 Å². The highest BCUT2D eigenvalue weighted by Crippen LogP contribution is 2.28. The average Bonchev–Trinajstić information content (AvgIpc) is 2.39. The second-order valence-corrected chi connectivity index (χ2v) is 4.58. The van der Waals surface area contributed by atoms with Crippen LogP contribution in [0.4, 0.5) is 5.69 Å². The predicted molar refractivity (Wildman–Crippen MR) is 76.7 cm³/mol. The van der Waals surface area contributed by atoms with E-state index < -0.39 is 0 Å². The van der Waals surface area contributed by atoms with Crippen LogP contribution in [0.25, 0.3) is 10.8 Å². The molecule has 0 aliphatic carbocycles. The van der Waals surface area contributed by atoms with Gasteiger partial charge in [0.2, 0.25) is 0 Å². The number of hydrogen-bond acceptors (Lipinski definition) is 1. The van der Waals surface area contributed by atoms with E-state index in [0.29, 0.717) is 6.04 Å². The molecule has 2 aromatic carbocycles. The predicted octanol–water partition coefficient (Wildman–Crippen LogP) is 4.46. The number of hydrogen-bond donors (Lipinski definition) is 0. The molecule has 17 heavy (non-hydrogen) atoms. The Morgan fingerprint density at radius 1 is 0.941 bits per heavy atom. The van der Waals surface area contributed by atoms with Crippen molar-refractivity contribution in [2.45, 2.75) is 32.7 Å². The zero-order chi connectivity index (χ0) is 12.3. The first-order valence-electron chi connectivity index (χ1n) is 6.48. The summed E-state index contributed by atoms with van der Waals surface area (Å²) in [4.78, 5) is 2.42. The summed E-state index contributed by atoms with van der Waals surface area (Å²) in [6.07, 6.45) is 2.38. The van der Waals surface area contributed by atoms with Gasteiger partial charge in [0, 0.05) is 24.2 Å². The summed E-state index contributed by atoms with van der Waals surface area (Å²) in [7, 11) is 2.21. The minimum Gasteiger partial charge on any atom is -0.371 e. The van der Waals surface area contributed by atoms with Crippen molar-refractivity contribution in [1.29, 1.82) is 0 Å². The number of benzene rings is 2. The molecule has 0 aliphatic heterocycles. The number of anilines is 1. The van der Waals surface area contributed by atoms with Crippen molar-refractivity contribution in [1.82, 2.24) is 0 Å². The Balaban J connectivity index is 2.47. The first-order chi connectivity index (χ1) is 8.27. The molecule has 0 aliphatic rings. The van der Waals surface area contributed by atoms with Gasteiger partial charge in [0.15, 0.2) is 0 Å². The molecule has 1 heteroatoms. The van der Waals surface area contributed by atoms with Crippen LogP contribution in [0.15, 0.2) is 42.5 Å². The minimum absolute atomic E-state index is 0.626. The second-order valence-electron chi connectivity index (χ2n) is 4.58. The van der Waals surface area contributed by atoms with E-state index in [4.69, 9.17) is 0 Å². The van der Waals surface area contributed by atoms with Crippen LogP contribution in [0.2, 0.25) is 0 Å². The van der Waals surface area contributed by atoms with E-state index in [1.807, 2.05) is 0 Å². The topological polar surface area (TPSA) is 3.24 Å². The molecular weight excluding hydrogens is 206 g/mol. The molecule has 0 unspecified atom stereocenters. The van der Waals surface area contributed by atoms with E-state index in [1.165, 1.54) is 29.3 Å². The largest absolute Gasteiger partial charge is 0.371 e. The highest BCUT2D eigenvalue weighted by atomic mass is 15.1. The maximum atomic E-state index is 2.42. The van der Waals surface area contributed by atoms with Gasteiger partial charge >= 0.3 is 0 Å². The van der Waals surface area contributed by atoms with Crippen molar-refractivity contribution in [3.05, 3.63) is 42.5 Å². The summed E-state index contributed by atoms with van der Waals surface area (Å²) in [6.45, 7) is 4.52. The van der Waals surface area contributed by atoms with Gasteiger partial charge in [-0.2, -0.15) is 0 Å². The molecular formula is C16H21N. The molecule has 2 rings (SSSR count). The fourth-order valence-electron chi connectivity index (χ4n) is 2.55. The third-order valence-electron chi connectivity index (χ3n) is 3.64. The summed E-state index contributed by atoms with van der Waals surface area (Å²) in [5.74, 6) is 0. The summed E-state index contributed by atoms with van der Waals surface area (Å²) in [6, 6.07) is 15.8. The standard InChI is InChI=1S/C16H21N/c1-4-14(5-2)17(3)16-12-8-10-13-9-6-7-11-15(13)16/h6-12,14H,4-5H2,1-3H3. The van der Waals surface area contributed by atoms with E-state index in [2.05, 4.69) is 68.3 Å². The van der Waals surface area contributed by atoms with E-state index in [1.54, 1.807) is 0 Å². The van der Waals surface area contributed by atoms with Crippen molar-refractivity contribution in [2.75, 3.05) is 11.9 Å². The summed E-state index contributed by atoms with van der Waals surface area (Å²) in [5.41, 5.74) is 1.34. The molecule has 1 nitrogen and oxygen atoms in total. The quantitative estimate of drug-likeness (QED) is 0.745. The smallest absolute Gasteiger partial charge is 0.0445 e. The third kappa shape index (κ3) is 2.28. The third-order valence-corrected chi connectivity index (χ3v) is 3.64. The number of nitrogens with zero attached hydrogens (tertiary/aromatic N) is 1. The van der Waals surface area contributed by atoms with Gasteiger partial charge in [-0.25, -0.2) is 0 Å². The fraction of sp³-hybridized carbons (Fsp3) is 0.375. The van der Waals surface area contributed by atoms with Crippen LogP contribution in [0, 0.1) is 0 Å². The number of fused-ring (bicyclic) bond motifs is 1. The molecule has 0 N–H and O–H groups in total.